The minimum Gasteiger partial charge on any atom is -0.465 e. The zero-order valence-corrected chi connectivity index (χ0v) is 17.6. The number of aromatic nitrogens is 2. The van der Waals surface area contributed by atoms with Gasteiger partial charge in [0.05, 0.1) is 19.3 Å². The molecule has 1 aromatic carbocycles. The van der Waals surface area contributed by atoms with Crippen LogP contribution in [0.5, 0.6) is 0 Å². The van der Waals surface area contributed by atoms with Crippen LogP contribution in [0.25, 0.3) is 0 Å². The predicted octanol–water partition coefficient (Wildman–Crippen LogP) is 2.08. The number of nitrogens with zero attached hydrogens (tertiary/aromatic N) is 4. The number of urea groups is 1. The molecule has 156 valence electrons. The predicted molar refractivity (Wildman–Crippen MR) is 104 cm³/mol. The van der Waals surface area contributed by atoms with E-state index in [1.807, 2.05) is 0 Å². The van der Waals surface area contributed by atoms with Crippen molar-refractivity contribution in [3.05, 3.63) is 47.3 Å². The van der Waals surface area contributed by atoms with E-state index in [4.69, 9.17) is 4.84 Å². The number of sulfonamides is 1. The van der Waals surface area contributed by atoms with Crippen LogP contribution in [0.15, 0.2) is 35.2 Å². The Kier molecular flexibility index (Phi) is 6.88. The van der Waals surface area contributed by atoms with E-state index in [1.54, 1.807) is 26.8 Å². The molecule has 10 nitrogen and oxygen atoms in total. The molecule has 0 saturated heterocycles. The quantitative estimate of drug-likeness (QED) is 0.513. The number of hydrogen-bond donors (Lipinski definition) is 0. The Balaban J connectivity index is 2.49. The molecule has 0 spiro atoms. The van der Waals surface area contributed by atoms with Crippen molar-refractivity contribution >= 4 is 28.0 Å². The zero-order chi connectivity index (χ0) is 21.8. The molecule has 2 aromatic rings. The number of esters is 1. The first-order valence-electron chi connectivity index (χ1n) is 8.59. The lowest BCUT2D eigenvalue weighted by atomic mass is 10.2. The van der Waals surface area contributed by atoms with Gasteiger partial charge in [0, 0.05) is 18.4 Å². The maximum Gasteiger partial charge on any atom is 0.365 e. The molecule has 1 heterocycles. The molecule has 2 rings (SSSR count). The van der Waals surface area contributed by atoms with Gasteiger partial charge < -0.3 is 4.74 Å². The average molecular weight is 422 g/mol. The van der Waals surface area contributed by atoms with E-state index in [0.29, 0.717) is 20.8 Å². The summed E-state index contributed by atoms with van der Waals surface area (Å²) in [7, 11) is -2.22. The number of carbonyl (C=O) groups is 2. The molecule has 0 unspecified atom stereocenters. The summed E-state index contributed by atoms with van der Waals surface area (Å²) in [5.74, 6) is -0.943. The summed E-state index contributed by atoms with van der Waals surface area (Å²) in [4.78, 5) is 38.2. The Hall–Kier alpha value is -3.05. The molecule has 1 aromatic heterocycles. The van der Waals surface area contributed by atoms with Crippen LogP contribution in [0, 0.1) is 13.8 Å². The second-order valence-electron chi connectivity index (χ2n) is 5.91. The maximum atomic E-state index is 13.1. The van der Waals surface area contributed by atoms with Gasteiger partial charge in [-0.25, -0.2) is 32.3 Å². The number of hydrogen-bond acceptors (Lipinski definition) is 8. The first-order chi connectivity index (χ1) is 13.6. The van der Waals surface area contributed by atoms with Crippen LogP contribution in [0.1, 0.15) is 28.7 Å². The molecular formula is C18H22N4O6S. The molecule has 0 atom stereocenters. The van der Waals surface area contributed by atoms with Gasteiger partial charge in [0.15, 0.2) is 0 Å². The highest BCUT2D eigenvalue weighted by Gasteiger charge is 2.34. The van der Waals surface area contributed by atoms with Gasteiger partial charge >= 0.3 is 12.0 Å². The molecule has 0 radical (unpaired) electrons. The summed E-state index contributed by atoms with van der Waals surface area (Å²) < 4.78 is 31.2. The third kappa shape index (κ3) is 4.69. The van der Waals surface area contributed by atoms with Crippen molar-refractivity contribution in [2.24, 2.45) is 0 Å². The third-order valence-corrected chi connectivity index (χ3v) is 5.57. The number of amides is 2. The topological polar surface area (TPSA) is 119 Å². The average Bonchev–Trinajstić information content (AvgIpc) is 2.69. The van der Waals surface area contributed by atoms with Crippen LogP contribution >= 0.6 is 0 Å². The Morgan fingerprint density at radius 2 is 1.69 bits per heavy atom. The van der Waals surface area contributed by atoms with Gasteiger partial charge in [-0.15, -0.1) is 5.06 Å². The number of carbonyl (C=O) groups excluding carboxylic acids is 2. The number of hydroxylamine groups is 1. The van der Waals surface area contributed by atoms with E-state index in [9.17, 15) is 18.0 Å². The second-order valence-corrected chi connectivity index (χ2v) is 7.84. The lowest BCUT2D eigenvalue weighted by molar-refractivity contribution is 0.0596. The summed E-state index contributed by atoms with van der Waals surface area (Å²) in [5, 5.41) is 0.707. The molecule has 11 heteroatoms. The van der Waals surface area contributed by atoms with Crippen molar-refractivity contribution in [3.8, 4) is 0 Å². The number of ether oxygens (including phenoxy) is 1. The molecule has 0 N–H and O–H groups in total. The van der Waals surface area contributed by atoms with Crippen molar-refractivity contribution in [2.45, 2.75) is 25.7 Å². The summed E-state index contributed by atoms with van der Waals surface area (Å²) in [5.41, 5.74) is 0.957. The van der Waals surface area contributed by atoms with Crippen LogP contribution in [0.4, 0.5) is 10.7 Å². The summed E-state index contributed by atoms with van der Waals surface area (Å²) in [6, 6.07) is 6.09. The van der Waals surface area contributed by atoms with E-state index in [0.717, 1.165) is 14.2 Å². The number of aryl methyl sites for hydroxylation is 2. The van der Waals surface area contributed by atoms with E-state index < -0.39 is 22.0 Å². The first-order valence-corrected chi connectivity index (χ1v) is 10.0. The minimum absolute atomic E-state index is 0.0642. The molecule has 0 bridgehead atoms. The monoisotopic (exact) mass is 422 g/mol. The first kappa shape index (κ1) is 22.2. The van der Waals surface area contributed by atoms with Gasteiger partial charge in [-0.05, 0) is 39.0 Å². The zero-order valence-electron chi connectivity index (χ0n) is 16.7. The third-order valence-electron chi connectivity index (χ3n) is 3.78. The van der Waals surface area contributed by atoms with Gasteiger partial charge in [-0.3, -0.25) is 4.84 Å². The van der Waals surface area contributed by atoms with Crippen LogP contribution < -0.4 is 5.06 Å². The van der Waals surface area contributed by atoms with Gasteiger partial charge in [0.2, 0.25) is 0 Å². The summed E-state index contributed by atoms with van der Waals surface area (Å²) in [6.07, 6.45) is 0. The lowest BCUT2D eigenvalue weighted by Crippen LogP contribution is -2.45. The minimum atomic E-state index is -4.41. The number of methoxy groups -OCH3 is 1. The molecular weight excluding hydrogens is 400 g/mol. The van der Waals surface area contributed by atoms with Crippen molar-refractivity contribution in [2.75, 3.05) is 25.8 Å². The molecule has 0 saturated carbocycles. The Morgan fingerprint density at radius 3 is 2.24 bits per heavy atom. The van der Waals surface area contributed by atoms with Crippen LogP contribution in [0.3, 0.4) is 0 Å². The lowest BCUT2D eigenvalue weighted by Gasteiger charge is -2.25. The van der Waals surface area contributed by atoms with E-state index in [2.05, 4.69) is 14.7 Å². The second kappa shape index (κ2) is 8.97. The van der Waals surface area contributed by atoms with Crippen LogP contribution in [0.2, 0.25) is 0 Å². The molecule has 0 aliphatic rings. The van der Waals surface area contributed by atoms with Gasteiger partial charge in [0.25, 0.3) is 16.0 Å². The van der Waals surface area contributed by atoms with E-state index in [1.165, 1.54) is 24.3 Å². The van der Waals surface area contributed by atoms with Crippen LogP contribution in [-0.4, -0.2) is 55.5 Å². The van der Waals surface area contributed by atoms with Crippen molar-refractivity contribution < 1.29 is 27.6 Å². The molecule has 0 aliphatic heterocycles. The maximum absolute atomic E-state index is 13.1. The molecule has 29 heavy (non-hydrogen) atoms. The summed E-state index contributed by atoms with van der Waals surface area (Å²) in [6.45, 7) is 5.11. The normalized spacial score (nSPS) is 11.1. The number of anilines is 1. The Bertz CT molecular complexity index is 1000. The number of rotatable bonds is 6. The fraction of sp³-hybridized carbons (Fsp3) is 0.333. The van der Waals surface area contributed by atoms with E-state index in [-0.39, 0.29) is 23.0 Å². The number of benzene rings is 1. The molecule has 2 amide bonds. The Labute approximate surface area is 169 Å². The highest BCUT2D eigenvalue weighted by Crippen LogP contribution is 2.22. The fourth-order valence-electron chi connectivity index (χ4n) is 2.47. The summed E-state index contributed by atoms with van der Waals surface area (Å²) >= 11 is 0. The van der Waals surface area contributed by atoms with Crippen molar-refractivity contribution in [1.82, 2.24) is 14.3 Å². The molecule has 0 fully saturated rings. The smallest absolute Gasteiger partial charge is 0.365 e. The van der Waals surface area contributed by atoms with E-state index >= 15 is 0 Å². The van der Waals surface area contributed by atoms with Gasteiger partial charge in [0.1, 0.15) is 4.90 Å². The molecule has 0 aliphatic carbocycles. The van der Waals surface area contributed by atoms with Crippen molar-refractivity contribution in [1.29, 1.82) is 0 Å². The van der Waals surface area contributed by atoms with Crippen molar-refractivity contribution in [3.63, 3.8) is 0 Å². The SMILES string of the molecule is CCON(C(=O)N(C)S(=O)(=O)c1ccccc1C(=O)OC)c1nc(C)cc(C)n1. The highest BCUT2D eigenvalue weighted by molar-refractivity contribution is 7.89. The van der Waals surface area contributed by atoms with Crippen LogP contribution in [-0.2, 0) is 19.6 Å². The fourth-order valence-corrected chi connectivity index (χ4v) is 3.73. The standard InChI is InChI=1S/C18H22N4O6S/c1-6-28-22(17-19-12(2)11-13(3)20-17)18(24)21(4)29(25,26)15-10-8-7-9-14(15)16(23)27-5/h7-11H,6H2,1-5H3. The Morgan fingerprint density at radius 1 is 1.10 bits per heavy atom. The van der Waals surface area contributed by atoms with Gasteiger partial charge in [-0.2, -0.15) is 0 Å². The largest absolute Gasteiger partial charge is 0.465 e. The van der Waals surface area contributed by atoms with Gasteiger partial charge in [-0.1, -0.05) is 12.1 Å². The highest BCUT2D eigenvalue weighted by atomic mass is 32.2.